The van der Waals surface area contributed by atoms with E-state index in [1.807, 2.05) is 4.90 Å². The van der Waals surface area contributed by atoms with Crippen LogP contribution in [0.4, 0.5) is 0 Å². The lowest BCUT2D eigenvalue weighted by molar-refractivity contribution is -0.138. The van der Waals surface area contributed by atoms with Gasteiger partial charge in [0, 0.05) is 39.5 Å². The summed E-state index contributed by atoms with van der Waals surface area (Å²) in [6.45, 7) is 8.57. The van der Waals surface area contributed by atoms with Crippen LogP contribution in [0.2, 0.25) is 0 Å². The Balaban J connectivity index is 1.79. The third kappa shape index (κ3) is 4.33. The largest absolute Gasteiger partial charge is 0.339 e. The van der Waals surface area contributed by atoms with E-state index in [1.165, 1.54) is 11.1 Å². The Labute approximate surface area is 133 Å². The second-order valence-corrected chi connectivity index (χ2v) is 6.28. The maximum Gasteiger partial charge on any atom is 0.223 e. The molecule has 1 fully saturated rings. The first-order valence-electron chi connectivity index (χ1n) is 8.09. The Morgan fingerprint density at radius 2 is 1.55 bits per heavy atom. The van der Waals surface area contributed by atoms with Gasteiger partial charge in [-0.1, -0.05) is 38.1 Å². The van der Waals surface area contributed by atoms with Crippen molar-refractivity contribution in [3.63, 3.8) is 0 Å². The van der Waals surface area contributed by atoms with Gasteiger partial charge in [0.25, 0.3) is 0 Å². The van der Waals surface area contributed by atoms with Crippen LogP contribution in [0.25, 0.3) is 0 Å². The summed E-state index contributed by atoms with van der Waals surface area (Å²) in [5.74, 6) is 0.821. The van der Waals surface area contributed by atoms with Gasteiger partial charge in [-0.05, 0) is 23.5 Å². The van der Waals surface area contributed by atoms with Gasteiger partial charge in [-0.25, -0.2) is 0 Å². The molecule has 2 amide bonds. The minimum absolute atomic E-state index is 0.0948. The van der Waals surface area contributed by atoms with Gasteiger partial charge in [0.15, 0.2) is 0 Å². The molecular weight excluding hydrogens is 276 g/mol. The standard InChI is InChI=1S/C18H26N2O2/c1-14(2)17-7-4-16(5-8-17)6-9-18(22)20-12-10-19(11-13-20)15(3)21/h4-5,7-8,14H,6,9-13H2,1-3H3. The van der Waals surface area contributed by atoms with Gasteiger partial charge in [-0.3, -0.25) is 9.59 Å². The smallest absolute Gasteiger partial charge is 0.223 e. The van der Waals surface area contributed by atoms with E-state index in [9.17, 15) is 9.59 Å². The number of carbonyl (C=O) groups is 2. The molecule has 1 heterocycles. The molecule has 0 saturated carbocycles. The van der Waals surface area contributed by atoms with E-state index in [-0.39, 0.29) is 11.8 Å². The molecule has 1 aromatic carbocycles. The molecule has 2 rings (SSSR count). The molecule has 0 radical (unpaired) electrons. The summed E-state index contributed by atoms with van der Waals surface area (Å²) in [5.41, 5.74) is 2.54. The van der Waals surface area contributed by atoms with Crippen LogP contribution < -0.4 is 0 Å². The summed E-state index contributed by atoms with van der Waals surface area (Å²) < 4.78 is 0. The second-order valence-electron chi connectivity index (χ2n) is 6.28. The summed E-state index contributed by atoms with van der Waals surface area (Å²) >= 11 is 0. The van der Waals surface area contributed by atoms with Crippen molar-refractivity contribution in [1.82, 2.24) is 9.80 Å². The monoisotopic (exact) mass is 302 g/mol. The normalized spacial score (nSPS) is 15.3. The Hall–Kier alpha value is -1.84. The number of rotatable bonds is 4. The van der Waals surface area contributed by atoms with Crippen LogP contribution in [0.3, 0.4) is 0 Å². The highest BCUT2D eigenvalue weighted by Gasteiger charge is 2.21. The van der Waals surface area contributed by atoms with Crippen molar-refractivity contribution in [2.24, 2.45) is 0 Å². The molecule has 0 aliphatic carbocycles. The van der Waals surface area contributed by atoms with Crippen molar-refractivity contribution >= 4 is 11.8 Å². The van der Waals surface area contributed by atoms with Crippen LogP contribution >= 0.6 is 0 Å². The number of aryl methyl sites for hydroxylation is 1. The maximum atomic E-state index is 12.2. The van der Waals surface area contributed by atoms with Crippen molar-refractivity contribution in [3.8, 4) is 0 Å². The lowest BCUT2D eigenvalue weighted by Crippen LogP contribution is -2.50. The second kappa shape index (κ2) is 7.43. The van der Waals surface area contributed by atoms with Gasteiger partial charge >= 0.3 is 0 Å². The zero-order valence-corrected chi connectivity index (χ0v) is 13.8. The number of nitrogens with zero attached hydrogens (tertiary/aromatic N) is 2. The zero-order chi connectivity index (χ0) is 16.1. The van der Waals surface area contributed by atoms with E-state index >= 15 is 0 Å². The molecule has 1 saturated heterocycles. The Morgan fingerprint density at radius 3 is 2.05 bits per heavy atom. The summed E-state index contributed by atoms with van der Waals surface area (Å²) in [6, 6.07) is 8.54. The fourth-order valence-corrected chi connectivity index (χ4v) is 2.75. The molecule has 1 aliphatic rings. The number of amides is 2. The summed E-state index contributed by atoms with van der Waals surface area (Å²) in [5, 5.41) is 0. The number of benzene rings is 1. The van der Waals surface area contributed by atoms with Crippen molar-refractivity contribution in [2.45, 2.75) is 39.5 Å². The molecule has 0 aromatic heterocycles. The van der Waals surface area contributed by atoms with Gasteiger partial charge in [0.05, 0.1) is 0 Å². The third-order valence-corrected chi connectivity index (χ3v) is 4.35. The summed E-state index contributed by atoms with van der Waals surface area (Å²) in [4.78, 5) is 27.2. The van der Waals surface area contributed by atoms with Crippen LogP contribution in [0.1, 0.15) is 44.2 Å². The van der Waals surface area contributed by atoms with Crippen LogP contribution in [-0.4, -0.2) is 47.8 Å². The lowest BCUT2D eigenvalue weighted by Gasteiger charge is -2.34. The molecule has 4 heteroatoms. The molecule has 0 unspecified atom stereocenters. The van der Waals surface area contributed by atoms with Crippen LogP contribution in [0, 0.1) is 0 Å². The predicted octanol–water partition coefficient (Wildman–Crippen LogP) is 2.43. The number of piperazine rings is 1. The van der Waals surface area contributed by atoms with Crippen molar-refractivity contribution < 1.29 is 9.59 Å². The molecule has 0 spiro atoms. The number of hydrogen-bond donors (Lipinski definition) is 0. The lowest BCUT2D eigenvalue weighted by atomic mass is 10.00. The third-order valence-electron chi connectivity index (χ3n) is 4.35. The molecule has 1 aromatic rings. The molecule has 1 aliphatic heterocycles. The Kier molecular flexibility index (Phi) is 5.58. The highest BCUT2D eigenvalue weighted by atomic mass is 16.2. The minimum Gasteiger partial charge on any atom is -0.339 e. The van der Waals surface area contributed by atoms with E-state index in [1.54, 1.807) is 11.8 Å². The first-order valence-corrected chi connectivity index (χ1v) is 8.09. The maximum absolute atomic E-state index is 12.2. The zero-order valence-electron chi connectivity index (χ0n) is 13.8. The summed E-state index contributed by atoms with van der Waals surface area (Å²) in [6.07, 6.45) is 1.32. The van der Waals surface area contributed by atoms with Crippen LogP contribution in [-0.2, 0) is 16.0 Å². The number of carbonyl (C=O) groups excluding carboxylic acids is 2. The van der Waals surface area contributed by atoms with Crippen LogP contribution in [0.15, 0.2) is 24.3 Å². The van der Waals surface area contributed by atoms with Gasteiger partial charge in [-0.15, -0.1) is 0 Å². The fraction of sp³-hybridized carbons (Fsp3) is 0.556. The molecule has 0 N–H and O–H groups in total. The van der Waals surface area contributed by atoms with E-state index in [0.717, 1.165) is 6.42 Å². The summed E-state index contributed by atoms with van der Waals surface area (Å²) in [7, 11) is 0. The predicted molar refractivity (Wildman–Crippen MR) is 87.7 cm³/mol. The average Bonchev–Trinajstić information content (AvgIpc) is 2.53. The van der Waals surface area contributed by atoms with E-state index in [4.69, 9.17) is 0 Å². The fourth-order valence-electron chi connectivity index (χ4n) is 2.75. The van der Waals surface area contributed by atoms with E-state index in [2.05, 4.69) is 38.1 Å². The van der Waals surface area contributed by atoms with E-state index < -0.39 is 0 Å². The molecule has 0 atom stereocenters. The molecule has 4 nitrogen and oxygen atoms in total. The van der Waals surface area contributed by atoms with Gasteiger partial charge in [0.2, 0.25) is 11.8 Å². The number of hydrogen-bond acceptors (Lipinski definition) is 2. The SMILES string of the molecule is CC(=O)N1CCN(C(=O)CCc2ccc(C(C)C)cc2)CC1. The molecule has 0 bridgehead atoms. The first-order chi connectivity index (χ1) is 10.5. The van der Waals surface area contributed by atoms with Crippen LogP contribution in [0.5, 0.6) is 0 Å². The highest BCUT2D eigenvalue weighted by molar-refractivity contribution is 5.77. The topological polar surface area (TPSA) is 40.6 Å². The van der Waals surface area contributed by atoms with Gasteiger partial charge < -0.3 is 9.80 Å². The first kappa shape index (κ1) is 16.5. The van der Waals surface area contributed by atoms with Gasteiger partial charge in [-0.2, -0.15) is 0 Å². The van der Waals surface area contributed by atoms with Crippen molar-refractivity contribution in [2.75, 3.05) is 26.2 Å². The highest BCUT2D eigenvalue weighted by Crippen LogP contribution is 2.16. The Morgan fingerprint density at radius 1 is 1.00 bits per heavy atom. The van der Waals surface area contributed by atoms with Crippen molar-refractivity contribution in [1.29, 1.82) is 0 Å². The van der Waals surface area contributed by atoms with E-state index in [0.29, 0.717) is 38.5 Å². The quantitative estimate of drug-likeness (QED) is 0.857. The molecular formula is C18H26N2O2. The van der Waals surface area contributed by atoms with Gasteiger partial charge in [0.1, 0.15) is 0 Å². The molecule has 120 valence electrons. The Bertz CT molecular complexity index is 514. The minimum atomic E-state index is 0.0948. The average molecular weight is 302 g/mol. The van der Waals surface area contributed by atoms with Crippen molar-refractivity contribution in [3.05, 3.63) is 35.4 Å². The molecule has 22 heavy (non-hydrogen) atoms.